The molecule has 0 heterocycles. The average molecular weight is 422 g/mol. The van der Waals surface area contributed by atoms with Gasteiger partial charge < -0.3 is 10.6 Å². The van der Waals surface area contributed by atoms with Gasteiger partial charge in [-0.15, -0.1) is 0 Å². The Hall–Kier alpha value is -2.66. The Balaban J connectivity index is 1.48. The summed E-state index contributed by atoms with van der Waals surface area (Å²) < 4.78 is 0. The third-order valence-electron chi connectivity index (χ3n) is 6.17. The zero-order valence-corrected chi connectivity index (χ0v) is 18.8. The summed E-state index contributed by atoms with van der Waals surface area (Å²) in [6.07, 6.45) is 6.79. The fourth-order valence-electron chi connectivity index (χ4n) is 4.28. The molecule has 0 radical (unpaired) electrons. The molecule has 3 rings (SSSR count). The van der Waals surface area contributed by atoms with Gasteiger partial charge in [-0.05, 0) is 44.0 Å². The van der Waals surface area contributed by atoms with Crippen LogP contribution < -0.4 is 10.6 Å². The van der Waals surface area contributed by atoms with Crippen LogP contribution in [0.5, 0.6) is 0 Å². The first-order valence-corrected chi connectivity index (χ1v) is 11.4. The number of nitrogens with one attached hydrogen (secondary N) is 2. The van der Waals surface area contributed by atoms with Gasteiger partial charge in [0.1, 0.15) is 0 Å². The van der Waals surface area contributed by atoms with Crippen molar-refractivity contribution in [2.45, 2.75) is 70.5 Å². The molecule has 0 spiro atoms. The third-order valence-corrected chi connectivity index (χ3v) is 6.17. The number of carbonyl (C=O) groups excluding carboxylic acids is 2. The number of carbonyl (C=O) groups is 2. The molecular weight excluding hydrogens is 386 g/mol. The average Bonchev–Trinajstić information content (AvgIpc) is 2.80. The van der Waals surface area contributed by atoms with Gasteiger partial charge in [-0.2, -0.15) is 0 Å². The smallest absolute Gasteiger partial charge is 0.224 e. The maximum Gasteiger partial charge on any atom is 0.224 e. The lowest BCUT2D eigenvalue weighted by Gasteiger charge is -2.31. The van der Waals surface area contributed by atoms with E-state index in [0.717, 1.165) is 23.4 Å². The van der Waals surface area contributed by atoms with Crippen molar-refractivity contribution < 1.29 is 9.59 Å². The van der Waals surface area contributed by atoms with E-state index in [9.17, 15) is 9.59 Å². The molecule has 1 aliphatic carbocycles. The molecule has 5 heteroatoms. The Morgan fingerprint density at radius 3 is 2.32 bits per heavy atom. The van der Waals surface area contributed by atoms with Gasteiger partial charge in [-0.1, -0.05) is 67.8 Å². The molecule has 31 heavy (non-hydrogen) atoms. The molecule has 1 aliphatic rings. The number of amides is 2. The quantitative estimate of drug-likeness (QED) is 0.596. The third kappa shape index (κ3) is 7.21. The molecule has 166 valence electrons. The van der Waals surface area contributed by atoms with Gasteiger partial charge in [0.05, 0.1) is 6.04 Å². The van der Waals surface area contributed by atoms with Crippen LogP contribution in [0.1, 0.15) is 69.0 Å². The SMILES string of the molecule is C[C@H](NC(=O)CCC(=O)Nc1ccccc1CN(C)C1CCCCC1)c1ccccc1. The number of nitrogens with zero attached hydrogens (tertiary/aromatic N) is 1. The summed E-state index contributed by atoms with van der Waals surface area (Å²) in [4.78, 5) is 27.2. The molecule has 5 nitrogen and oxygen atoms in total. The van der Waals surface area contributed by atoms with Gasteiger partial charge >= 0.3 is 0 Å². The van der Waals surface area contributed by atoms with Crippen molar-refractivity contribution in [3.05, 3.63) is 65.7 Å². The second-order valence-electron chi connectivity index (χ2n) is 8.61. The lowest BCUT2D eigenvalue weighted by molar-refractivity contribution is -0.124. The highest BCUT2D eigenvalue weighted by molar-refractivity contribution is 5.93. The summed E-state index contributed by atoms with van der Waals surface area (Å²) in [6.45, 7) is 2.77. The number of anilines is 1. The van der Waals surface area contributed by atoms with E-state index in [-0.39, 0.29) is 30.7 Å². The molecule has 1 fully saturated rings. The predicted octanol–water partition coefficient (Wildman–Crippen LogP) is 5.05. The highest BCUT2D eigenvalue weighted by Crippen LogP contribution is 2.25. The monoisotopic (exact) mass is 421 g/mol. The number of hydrogen-bond donors (Lipinski definition) is 2. The van der Waals surface area contributed by atoms with E-state index in [4.69, 9.17) is 0 Å². The lowest BCUT2D eigenvalue weighted by Crippen LogP contribution is -2.33. The lowest BCUT2D eigenvalue weighted by atomic mass is 9.94. The summed E-state index contributed by atoms with van der Waals surface area (Å²) in [6, 6.07) is 18.3. The van der Waals surface area contributed by atoms with Crippen molar-refractivity contribution in [1.29, 1.82) is 0 Å². The Bertz CT molecular complexity index is 847. The second-order valence-corrected chi connectivity index (χ2v) is 8.61. The first-order valence-electron chi connectivity index (χ1n) is 11.4. The van der Waals surface area contributed by atoms with E-state index in [1.807, 2.05) is 55.5 Å². The van der Waals surface area contributed by atoms with E-state index in [2.05, 4.69) is 28.6 Å². The Morgan fingerprint density at radius 2 is 1.58 bits per heavy atom. The van der Waals surface area contributed by atoms with E-state index >= 15 is 0 Å². The van der Waals surface area contributed by atoms with Crippen LogP contribution in [0.3, 0.4) is 0 Å². The van der Waals surface area contributed by atoms with Crippen molar-refractivity contribution in [3.8, 4) is 0 Å². The first-order chi connectivity index (χ1) is 15.0. The molecule has 0 unspecified atom stereocenters. The van der Waals surface area contributed by atoms with Crippen molar-refractivity contribution in [2.24, 2.45) is 0 Å². The van der Waals surface area contributed by atoms with Crippen LogP contribution in [-0.2, 0) is 16.1 Å². The minimum atomic E-state index is -0.129. The summed E-state index contributed by atoms with van der Waals surface area (Å²) in [5.74, 6) is -0.243. The molecule has 0 bridgehead atoms. The molecule has 1 atom stereocenters. The van der Waals surface area contributed by atoms with Crippen LogP contribution in [0.25, 0.3) is 0 Å². The summed E-state index contributed by atoms with van der Waals surface area (Å²) in [5.41, 5.74) is 3.01. The maximum atomic E-state index is 12.5. The zero-order chi connectivity index (χ0) is 22.1. The molecule has 1 saturated carbocycles. The molecule has 0 saturated heterocycles. The van der Waals surface area contributed by atoms with Crippen molar-refractivity contribution in [1.82, 2.24) is 10.2 Å². The minimum Gasteiger partial charge on any atom is -0.350 e. The molecule has 2 amide bonds. The molecule has 2 aromatic rings. The minimum absolute atomic E-state index is 0.0761. The van der Waals surface area contributed by atoms with Crippen molar-refractivity contribution in [3.63, 3.8) is 0 Å². The predicted molar refractivity (Wildman–Crippen MR) is 126 cm³/mol. The normalized spacial score (nSPS) is 15.5. The Labute approximate surface area is 186 Å². The van der Waals surface area contributed by atoms with Gasteiger partial charge in [0, 0.05) is 31.1 Å². The van der Waals surface area contributed by atoms with Crippen LogP contribution in [0.4, 0.5) is 5.69 Å². The van der Waals surface area contributed by atoms with Crippen LogP contribution in [0, 0.1) is 0 Å². The highest BCUT2D eigenvalue weighted by atomic mass is 16.2. The van der Waals surface area contributed by atoms with Gasteiger partial charge in [0.25, 0.3) is 0 Å². The fourth-order valence-corrected chi connectivity index (χ4v) is 4.28. The topological polar surface area (TPSA) is 61.4 Å². The van der Waals surface area contributed by atoms with Crippen molar-refractivity contribution >= 4 is 17.5 Å². The highest BCUT2D eigenvalue weighted by Gasteiger charge is 2.19. The molecular formula is C26H35N3O2. The van der Waals surface area contributed by atoms with Crippen LogP contribution in [-0.4, -0.2) is 29.8 Å². The van der Waals surface area contributed by atoms with E-state index < -0.39 is 0 Å². The van der Waals surface area contributed by atoms with E-state index in [1.165, 1.54) is 32.1 Å². The largest absolute Gasteiger partial charge is 0.350 e. The van der Waals surface area contributed by atoms with Crippen LogP contribution in [0.2, 0.25) is 0 Å². The zero-order valence-electron chi connectivity index (χ0n) is 18.8. The van der Waals surface area contributed by atoms with E-state index in [1.54, 1.807) is 0 Å². The van der Waals surface area contributed by atoms with E-state index in [0.29, 0.717) is 6.04 Å². The second kappa shape index (κ2) is 11.7. The molecule has 2 aromatic carbocycles. The summed E-state index contributed by atoms with van der Waals surface area (Å²) in [7, 11) is 2.17. The fraction of sp³-hybridized carbons (Fsp3) is 0.462. The van der Waals surface area contributed by atoms with Gasteiger partial charge in [0.15, 0.2) is 0 Å². The number of para-hydroxylation sites is 1. The van der Waals surface area contributed by atoms with Crippen LogP contribution in [0.15, 0.2) is 54.6 Å². The molecule has 0 aliphatic heterocycles. The summed E-state index contributed by atoms with van der Waals surface area (Å²) >= 11 is 0. The summed E-state index contributed by atoms with van der Waals surface area (Å²) in [5, 5.41) is 5.98. The maximum absolute atomic E-state index is 12.5. The van der Waals surface area contributed by atoms with Gasteiger partial charge in [0.2, 0.25) is 11.8 Å². The van der Waals surface area contributed by atoms with Gasteiger partial charge in [-0.25, -0.2) is 0 Å². The van der Waals surface area contributed by atoms with Crippen LogP contribution >= 0.6 is 0 Å². The number of benzene rings is 2. The Kier molecular flexibility index (Phi) is 8.65. The van der Waals surface area contributed by atoms with Gasteiger partial charge in [-0.3, -0.25) is 14.5 Å². The molecule has 0 aromatic heterocycles. The van der Waals surface area contributed by atoms with Crippen molar-refractivity contribution in [2.75, 3.05) is 12.4 Å². The Morgan fingerprint density at radius 1 is 0.935 bits per heavy atom. The first kappa shape index (κ1) is 23.0. The molecule has 2 N–H and O–H groups in total. The standard InChI is InChI=1S/C26H35N3O2/c1-20(21-11-5-3-6-12-21)27-25(30)17-18-26(31)28-24-16-10-9-13-22(24)19-29(2)23-14-7-4-8-15-23/h3,5-6,9-13,16,20,23H,4,7-8,14-15,17-19H2,1-2H3,(H,27,30)(H,28,31)/t20-/m0/s1. The number of hydrogen-bond acceptors (Lipinski definition) is 3. The number of rotatable bonds is 9.